The first-order valence-electron chi connectivity index (χ1n) is 7.83. The van der Waals surface area contributed by atoms with E-state index < -0.39 is 10.8 Å². The van der Waals surface area contributed by atoms with Crippen molar-refractivity contribution in [1.82, 2.24) is 10.2 Å². The van der Waals surface area contributed by atoms with Gasteiger partial charge in [0.15, 0.2) is 0 Å². The van der Waals surface area contributed by atoms with E-state index in [1.54, 1.807) is 0 Å². The lowest BCUT2D eigenvalue weighted by Gasteiger charge is -2.26. The summed E-state index contributed by atoms with van der Waals surface area (Å²) in [5, 5.41) is 3.53. The van der Waals surface area contributed by atoms with Crippen LogP contribution in [0, 0.1) is 0 Å². The highest BCUT2D eigenvalue weighted by Gasteiger charge is 2.20. The van der Waals surface area contributed by atoms with E-state index in [2.05, 4.69) is 28.4 Å². The zero-order chi connectivity index (χ0) is 14.5. The number of hydrogen-bond acceptors (Lipinski definition) is 4. The van der Waals surface area contributed by atoms with Gasteiger partial charge in [0, 0.05) is 60.1 Å². The fourth-order valence-electron chi connectivity index (χ4n) is 2.52. The molecule has 0 bridgehead atoms. The largest absolute Gasteiger partial charge is 0.492 e. The molecule has 1 aliphatic carbocycles. The number of nitrogens with one attached hydrogen (secondary N) is 1. The van der Waals surface area contributed by atoms with Crippen LogP contribution in [0.4, 0.5) is 0 Å². The second-order valence-electron chi connectivity index (χ2n) is 5.80. The Morgan fingerprint density at radius 1 is 1.24 bits per heavy atom. The van der Waals surface area contributed by atoms with Crippen molar-refractivity contribution in [3.05, 3.63) is 29.8 Å². The second kappa shape index (κ2) is 7.38. The van der Waals surface area contributed by atoms with Crippen LogP contribution < -0.4 is 10.1 Å². The second-order valence-corrected chi connectivity index (χ2v) is 7.50. The molecule has 0 unspecified atom stereocenters. The molecule has 21 heavy (non-hydrogen) atoms. The van der Waals surface area contributed by atoms with E-state index in [9.17, 15) is 4.21 Å². The van der Waals surface area contributed by atoms with Gasteiger partial charge in [-0.3, -0.25) is 9.11 Å². The van der Waals surface area contributed by atoms with Gasteiger partial charge in [0.25, 0.3) is 0 Å². The zero-order valence-electron chi connectivity index (χ0n) is 12.4. The average Bonchev–Trinajstić information content (AvgIpc) is 3.33. The molecule has 1 N–H and O–H groups in total. The van der Waals surface area contributed by atoms with Crippen LogP contribution in [-0.2, 0) is 17.3 Å². The third kappa shape index (κ3) is 4.80. The highest BCUT2D eigenvalue weighted by Crippen LogP contribution is 2.22. The van der Waals surface area contributed by atoms with Gasteiger partial charge in [-0.2, -0.15) is 0 Å². The molecule has 1 aromatic carbocycles. The van der Waals surface area contributed by atoms with Crippen LogP contribution in [0.1, 0.15) is 18.4 Å². The van der Waals surface area contributed by atoms with Crippen LogP contribution in [0.3, 0.4) is 0 Å². The maximum absolute atomic E-state index is 11.3. The number of ether oxygens (including phenoxy) is 1. The number of benzene rings is 1. The van der Waals surface area contributed by atoms with E-state index in [1.165, 1.54) is 18.4 Å². The van der Waals surface area contributed by atoms with Gasteiger partial charge in [-0.05, 0) is 18.9 Å². The molecular weight excluding hydrogens is 284 g/mol. The summed E-state index contributed by atoms with van der Waals surface area (Å²) in [5.74, 6) is 2.61. The topological polar surface area (TPSA) is 41.6 Å². The lowest BCUT2D eigenvalue weighted by Crippen LogP contribution is -2.39. The molecule has 1 saturated heterocycles. The smallest absolute Gasteiger partial charge is 0.123 e. The van der Waals surface area contributed by atoms with E-state index in [0.717, 1.165) is 43.4 Å². The molecule has 0 spiro atoms. The van der Waals surface area contributed by atoms with Gasteiger partial charge in [-0.25, -0.2) is 0 Å². The quantitative estimate of drug-likeness (QED) is 0.826. The molecule has 0 atom stereocenters. The van der Waals surface area contributed by atoms with Crippen molar-refractivity contribution in [1.29, 1.82) is 0 Å². The minimum absolute atomic E-state index is 0.598. The molecular formula is C16H24N2O2S. The summed E-state index contributed by atoms with van der Waals surface area (Å²) in [7, 11) is -0.598. The molecule has 4 nitrogen and oxygen atoms in total. The third-order valence-corrected chi connectivity index (χ3v) is 5.34. The Morgan fingerprint density at radius 2 is 2.00 bits per heavy atom. The summed E-state index contributed by atoms with van der Waals surface area (Å²) in [6, 6.07) is 8.99. The van der Waals surface area contributed by atoms with Crippen molar-refractivity contribution in [2.45, 2.75) is 25.4 Å². The lowest BCUT2D eigenvalue weighted by atomic mass is 10.2. The number of para-hydroxylation sites is 1. The van der Waals surface area contributed by atoms with Gasteiger partial charge < -0.3 is 10.1 Å². The van der Waals surface area contributed by atoms with E-state index in [4.69, 9.17) is 4.74 Å². The molecule has 116 valence electrons. The molecule has 1 aliphatic heterocycles. The summed E-state index contributed by atoms with van der Waals surface area (Å²) in [6.45, 7) is 4.37. The first kappa shape index (κ1) is 15.0. The van der Waals surface area contributed by atoms with Crippen LogP contribution in [0.5, 0.6) is 5.75 Å². The van der Waals surface area contributed by atoms with Crippen molar-refractivity contribution in [3.8, 4) is 5.75 Å². The van der Waals surface area contributed by atoms with Crippen LogP contribution in [0.2, 0.25) is 0 Å². The van der Waals surface area contributed by atoms with Gasteiger partial charge in [0.05, 0.1) is 0 Å². The normalized spacial score (nSPS) is 20.6. The fourth-order valence-corrected chi connectivity index (χ4v) is 3.64. The Morgan fingerprint density at radius 3 is 2.76 bits per heavy atom. The molecule has 2 aliphatic rings. The Hall–Kier alpha value is -0.910. The Bertz CT molecular complexity index is 481. The minimum atomic E-state index is -0.598. The SMILES string of the molecule is O=S1CCN(CCOc2ccccc2CNC2CC2)CC1. The minimum Gasteiger partial charge on any atom is -0.492 e. The molecule has 0 amide bonds. The van der Waals surface area contributed by atoms with Crippen molar-refractivity contribution < 1.29 is 8.95 Å². The summed E-state index contributed by atoms with van der Waals surface area (Å²) >= 11 is 0. The maximum Gasteiger partial charge on any atom is 0.123 e. The summed E-state index contributed by atoms with van der Waals surface area (Å²) in [6.07, 6.45) is 2.61. The van der Waals surface area contributed by atoms with Crippen LogP contribution >= 0.6 is 0 Å². The van der Waals surface area contributed by atoms with Crippen molar-refractivity contribution in [3.63, 3.8) is 0 Å². The summed E-state index contributed by atoms with van der Waals surface area (Å²) in [4.78, 5) is 2.34. The van der Waals surface area contributed by atoms with Gasteiger partial charge >= 0.3 is 0 Å². The van der Waals surface area contributed by atoms with Crippen LogP contribution in [0.15, 0.2) is 24.3 Å². The highest BCUT2D eigenvalue weighted by molar-refractivity contribution is 7.85. The number of hydrogen-bond donors (Lipinski definition) is 1. The van der Waals surface area contributed by atoms with Crippen LogP contribution in [-0.4, -0.2) is 52.9 Å². The van der Waals surface area contributed by atoms with Crippen molar-refractivity contribution in [2.75, 3.05) is 37.7 Å². The first-order valence-corrected chi connectivity index (χ1v) is 9.31. The monoisotopic (exact) mass is 308 g/mol. The molecule has 3 rings (SSSR count). The summed E-state index contributed by atoms with van der Waals surface area (Å²) < 4.78 is 17.3. The van der Waals surface area contributed by atoms with E-state index in [-0.39, 0.29) is 0 Å². The molecule has 2 fully saturated rings. The van der Waals surface area contributed by atoms with Crippen molar-refractivity contribution in [2.24, 2.45) is 0 Å². The average molecular weight is 308 g/mol. The number of nitrogens with zero attached hydrogens (tertiary/aromatic N) is 1. The Balaban J connectivity index is 1.44. The lowest BCUT2D eigenvalue weighted by molar-refractivity contribution is 0.219. The van der Waals surface area contributed by atoms with Crippen molar-refractivity contribution >= 4 is 10.8 Å². The standard InChI is InChI=1S/C16H24N2O2S/c19-21-11-8-18(9-12-21)7-10-20-16-4-2-1-3-14(16)13-17-15-5-6-15/h1-4,15,17H,5-13H2. The van der Waals surface area contributed by atoms with E-state index >= 15 is 0 Å². The molecule has 5 heteroatoms. The Labute approximate surface area is 129 Å². The fraction of sp³-hybridized carbons (Fsp3) is 0.625. The predicted octanol–water partition coefficient (Wildman–Crippen LogP) is 1.38. The van der Waals surface area contributed by atoms with E-state index in [0.29, 0.717) is 12.6 Å². The predicted molar refractivity (Wildman–Crippen MR) is 86.1 cm³/mol. The molecule has 1 heterocycles. The molecule has 0 radical (unpaired) electrons. The summed E-state index contributed by atoms with van der Waals surface area (Å²) in [5.41, 5.74) is 1.24. The molecule has 1 aromatic rings. The molecule has 1 saturated carbocycles. The highest BCUT2D eigenvalue weighted by atomic mass is 32.2. The van der Waals surface area contributed by atoms with Gasteiger partial charge in [0.2, 0.25) is 0 Å². The van der Waals surface area contributed by atoms with E-state index in [1.807, 2.05) is 6.07 Å². The Kier molecular flexibility index (Phi) is 5.27. The van der Waals surface area contributed by atoms with Gasteiger partial charge in [0.1, 0.15) is 12.4 Å². The molecule has 0 aromatic heterocycles. The third-order valence-electron chi connectivity index (χ3n) is 4.07. The van der Waals surface area contributed by atoms with Crippen LogP contribution in [0.25, 0.3) is 0 Å². The van der Waals surface area contributed by atoms with Gasteiger partial charge in [-0.1, -0.05) is 18.2 Å². The maximum atomic E-state index is 11.3. The number of rotatable bonds is 7. The zero-order valence-corrected chi connectivity index (χ0v) is 13.2. The van der Waals surface area contributed by atoms with Gasteiger partial charge in [-0.15, -0.1) is 0 Å². The first-order chi connectivity index (χ1) is 10.3.